The van der Waals surface area contributed by atoms with E-state index in [4.69, 9.17) is 23.9 Å². The van der Waals surface area contributed by atoms with E-state index in [2.05, 4.69) is 0 Å². The van der Waals surface area contributed by atoms with Crippen LogP contribution < -0.4 is 5.46 Å². The highest BCUT2D eigenvalue weighted by Crippen LogP contribution is 2.32. The molecule has 2 aromatic carbocycles. The highest BCUT2D eigenvalue weighted by atomic mass is 35.5. The van der Waals surface area contributed by atoms with Gasteiger partial charge in [-0.15, -0.1) is 0 Å². The first-order valence-electron chi connectivity index (χ1n) is 4.62. The highest BCUT2D eigenvalue weighted by molar-refractivity contribution is 6.36. The number of hydrogen-bond acceptors (Lipinski definition) is 1. The molecule has 0 spiro atoms. The van der Waals surface area contributed by atoms with Gasteiger partial charge in [-0.3, -0.25) is 0 Å². The molecule has 0 bridgehead atoms. The minimum absolute atomic E-state index is 0.627. The molecule has 0 saturated carbocycles. The van der Waals surface area contributed by atoms with Gasteiger partial charge >= 0.3 is 0 Å². The largest absolute Gasteiger partial charge is 0.455 e. The van der Waals surface area contributed by atoms with Crippen LogP contribution in [0.2, 0.25) is 5.02 Å². The van der Waals surface area contributed by atoms with Gasteiger partial charge in [0.25, 0.3) is 0 Å². The summed E-state index contributed by atoms with van der Waals surface area (Å²) in [5.41, 5.74) is 2.19. The van der Waals surface area contributed by atoms with Crippen molar-refractivity contribution in [1.29, 1.82) is 0 Å². The minimum atomic E-state index is 0.627. The maximum absolute atomic E-state index is 6.04. The van der Waals surface area contributed by atoms with E-state index in [1.54, 1.807) is 0 Å². The Kier molecular flexibility index (Phi) is 1.80. The summed E-state index contributed by atoms with van der Waals surface area (Å²) in [6, 6.07) is 11.3. The fourth-order valence-electron chi connectivity index (χ4n) is 1.78. The first kappa shape index (κ1) is 8.87. The Morgan fingerprint density at radius 3 is 2.80 bits per heavy atom. The van der Waals surface area contributed by atoms with Crippen molar-refractivity contribution in [3.8, 4) is 0 Å². The van der Waals surface area contributed by atoms with Crippen molar-refractivity contribution in [2.24, 2.45) is 0 Å². The fraction of sp³-hybridized carbons (Fsp3) is 0. The second-order valence-electron chi connectivity index (χ2n) is 3.47. The second-order valence-corrected chi connectivity index (χ2v) is 3.88. The molecule has 0 N–H and O–H groups in total. The Labute approximate surface area is 93.0 Å². The van der Waals surface area contributed by atoms with Crippen LogP contribution >= 0.6 is 11.6 Å². The van der Waals surface area contributed by atoms with Crippen LogP contribution in [0.15, 0.2) is 40.8 Å². The molecule has 0 fully saturated rings. The molecule has 2 radical (unpaired) electrons. The predicted octanol–water partition coefficient (Wildman–Crippen LogP) is 3.03. The monoisotopic (exact) mass is 212 g/mol. The number of rotatable bonds is 0. The Hall–Kier alpha value is -1.41. The summed E-state index contributed by atoms with van der Waals surface area (Å²) in [5.74, 6) is 0. The lowest BCUT2D eigenvalue weighted by Crippen LogP contribution is -1.98. The van der Waals surface area contributed by atoms with Crippen LogP contribution in [0.3, 0.4) is 0 Å². The zero-order valence-electron chi connectivity index (χ0n) is 7.83. The Bertz CT molecular complexity index is 657. The van der Waals surface area contributed by atoms with E-state index in [0.29, 0.717) is 10.5 Å². The van der Waals surface area contributed by atoms with Crippen molar-refractivity contribution in [3.05, 3.63) is 41.4 Å². The maximum Gasteiger partial charge on any atom is 0.153 e. The average Bonchev–Trinajstić information content (AvgIpc) is 2.57. The van der Waals surface area contributed by atoms with E-state index >= 15 is 0 Å². The molecule has 0 aliphatic rings. The van der Waals surface area contributed by atoms with Gasteiger partial charge in [0.15, 0.2) is 5.58 Å². The van der Waals surface area contributed by atoms with Crippen LogP contribution in [0.4, 0.5) is 0 Å². The molecule has 3 heteroatoms. The van der Waals surface area contributed by atoms with Crippen LogP contribution in [0.5, 0.6) is 0 Å². The van der Waals surface area contributed by atoms with Gasteiger partial charge in [0.1, 0.15) is 13.4 Å². The van der Waals surface area contributed by atoms with Gasteiger partial charge in [-0.25, -0.2) is 0 Å². The van der Waals surface area contributed by atoms with Crippen molar-refractivity contribution < 1.29 is 4.42 Å². The zero-order chi connectivity index (χ0) is 10.4. The van der Waals surface area contributed by atoms with E-state index in [9.17, 15) is 0 Å². The van der Waals surface area contributed by atoms with E-state index in [0.717, 1.165) is 21.9 Å². The average molecular weight is 212 g/mol. The van der Waals surface area contributed by atoms with Crippen LogP contribution in [-0.2, 0) is 0 Å². The zero-order valence-corrected chi connectivity index (χ0v) is 8.58. The molecule has 15 heavy (non-hydrogen) atoms. The van der Waals surface area contributed by atoms with Crippen LogP contribution in [-0.4, -0.2) is 7.85 Å². The maximum atomic E-state index is 6.04. The van der Waals surface area contributed by atoms with Gasteiger partial charge in [0.05, 0.1) is 5.02 Å². The molecule has 1 nitrogen and oxygen atoms in total. The van der Waals surface area contributed by atoms with Gasteiger partial charge in [0, 0.05) is 10.8 Å². The molecule has 1 heterocycles. The number of benzene rings is 2. The van der Waals surface area contributed by atoms with E-state index < -0.39 is 0 Å². The third-order valence-corrected chi connectivity index (χ3v) is 2.77. The summed E-state index contributed by atoms with van der Waals surface area (Å²) in [5, 5.41) is 2.70. The predicted molar refractivity (Wildman–Crippen MR) is 64.1 cm³/mol. The molecular formula is C12H6BClO. The van der Waals surface area contributed by atoms with Crippen LogP contribution in [0.25, 0.3) is 21.9 Å². The van der Waals surface area contributed by atoms with Crippen molar-refractivity contribution in [2.45, 2.75) is 0 Å². The second kappa shape index (κ2) is 3.04. The van der Waals surface area contributed by atoms with Gasteiger partial charge in [-0.1, -0.05) is 41.3 Å². The number of furan rings is 1. The molecule has 3 aromatic rings. The summed E-state index contributed by atoms with van der Waals surface area (Å²) in [6.45, 7) is 0. The molecule has 0 atom stereocenters. The van der Waals surface area contributed by atoms with Crippen LogP contribution in [0.1, 0.15) is 0 Å². The van der Waals surface area contributed by atoms with Crippen molar-refractivity contribution in [3.63, 3.8) is 0 Å². The SMILES string of the molecule is [B]c1ccc2c(c1)oc1c(Cl)cccc12. The van der Waals surface area contributed by atoms with Crippen molar-refractivity contribution in [2.75, 3.05) is 0 Å². The fourth-order valence-corrected chi connectivity index (χ4v) is 1.99. The van der Waals surface area contributed by atoms with Gasteiger partial charge in [-0.05, 0) is 12.1 Å². The summed E-state index contributed by atoms with van der Waals surface area (Å²) in [6.07, 6.45) is 0. The Morgan fingerprint density at radius 2 is 1.93 bits per heavy atom. The summed E-state index contributed by atoms with van der Waals surface area (Å²) in [7, 11) is 5.69. The summed E-state index contributed by atoms with van der Waals surface area (Å²) >= 11 is 6.04. The number of para-hydroxylation sites is 1. The molecule has 0 aliphatic heterocycles. The smallest absolute Gasteiger partial charge is 0.153 e. The highest BCUT2D eigenvalue weighted by Gasteiger charge is 2.08. The molecule has 1 aromatic heterocycles. The first-order valence-corrected chi connectivity index (χ1v) is 5.00. The number of fused-ring (bicyclic) bond motifs is 3. The lowest BCUT2D eigenvalue weighted by molar-refractivity contribution is 0.669. The van der Waals surface area contributed by atoms with E-state index in [1.807, 2.05) is 36.4 Å². The lowest BCUT2D eigenvalue weighted by atomic mass is 9.95. The molecule has 3 rings (SSSR count). The van der Waals surface area contributed by atoms with Crippen molar-refractivity contribution in [1.82, 2.24) is 0 Å². The Morgan fingerprint density at radius 1 is 1.07 bits per heavy atom. The first-order chi connectivity index (χ1) is 7.25. The standard InChI is InChI=1S/C12H6BClO/c13-7-4-5-8-9-2-1-3-10(14)12(9)15-11(8)6-7/h1-6H. The summed E-state index contributed by atoms with van der Waals surface area (Å²) in [4.78, 5) is 0. The molecule has 0 unspecified atom stereocenters. The molecular weight excluding hydrogens is 206 g/mol. The van der Waals surface area contributed by atoms with Crippen molar-refractivity contribution >= 4 is 46.8 Å². The lowest BCUT2D eigenvalue weighted by Gasteiger charge is -1.91. The minimum Gasteiger partial charge on any atom is -0.455 e. The third-order valence-electron chi connectivity index (χ3n) is 2.47. The quantitative estimate of drug-likeness (QED) is 0.522. The molecule has 0 saturated heterocycles. The number of halogens is 1. The molecule has 0 amide bonds. The number of hydrogen-bond donors (Lipinski definition) is 0. The topological polar surface area (TPSA) is 13.1 Å². The van der Waals surface area contributed by atoms with E-state index in [-0.39, 0.29) is 0 Å². The van der Waals surface area contributed by atoms with E-state index in [1.165, 1.54) is 0 Å². The third kappa shape index (κ3) is 1.25. The van der Waals surface area contributed by atoms with Gasteiger partial charge in [0.2, 0.25) is 0 Å². The summed E-state index contributed by atoms with van der Waals surface area (Å²) < 4.78 is 5.65. The Balaban J connectivity index is 2.57. The molecule has 70 valence electrons. The van der Waals surface area contributed by atoms with Crippen LogP contribution in [0, 0.1) is 0 Å². The molecule has 0 aliphatic carbocycles. The van der Waals surface area contributed by atoms with Gasteiger partial charge < -0.3 is 4.42 Å². The normalized spacial score (nSPS) is 11.3. The van der Waals surface area contributed by atoms with Gasteiger partial charge in [-0.2, -0.15) is 0 Å².